The van der Waals surface area contributed by atoms with Gasteiger partial charge in [-0.1, -0.05) is 0 Å². The summed E-state index contributed by atoms with van der Waals surface area (Å²) in [7, 11) is -3.69. The van der Waals surface area contributed by atoms with Crippen LogP contribution < -0.4 is 5.14 Å². The Balaban J connectivity index is 2.30. The van der Waals surface area contributed by atoms with Gasteiger partial charge in [-0.05, 0) is 48.6 Å². The molecule has 0 fully saturated rings. The summed E-state index contributed by atoms with van der Waals surface area (Å²) < 4.78 is 27.7. The summed E-state index contributed by atoms with van der Waals surface area (Å²) in [5.74, 6) is 1.11. The first-order valence-corrected chi connectivity index (χ1v) is 6.90. The van der Waals surface area contributed by atoms with Crippen molar-refractivity contribution in [3.8, 4) is 11.3 Å². The van der Waals surface area contributed by atoms with Gasteiger partial charge in [-0.2, -0.15) is 0 Å². The molecule has 0 aliphatic heterocycles. The number of nitrogens with two attached hydrogens (primary N) is 1. The normalized spacial score (nSPS) is 11.8. The summed E-state index contributed by atoms with van der Waals surface area (Å²) in [4.78, 5) is 10.2. The summed E-state index contributed by atoms with van der Waals surface area (Å²) in [5.41, 5.74) is 0.721. The highest BCUT2D eigenvalue weighted by atomic mass is 32.2. The quantitative estimate of drug-likeness (QED) is 0.681. The van der Waals surface area contributed by atoms with Crippen LogP contribution in [0.4, 0.5) is 0 Å². The number of carbonyl (C=O) groups is 1. The first kappa shape index (κ1) is 13.3. The van der Waals surface area contributed by atoms with Crippen LogP contribution in [0.1, 0.15) is 5.76 Å². The molecule has 5 nitrogen and oxygen atoms in total. The largest absolute Gasteiger partial charge is 0.457 e. The molecule has 2 N–H and O–H groups in total. The summed E-state index contributed by atoms with van der Waals surface area (Å²) in [6, 6.07) is 9.47. The van der Waals surface area contributed by atoms with Crippen molar-refractivity contribution in [1.82, 2.24) is 0 Å². The van der Waals surface area contributed by atoms with E-state index in [1.165, 1.54) is 24.3 Å². The topological polar surface area (TPSA) is 90.4 Å². The van der Waals surface area contributed by atoms with E-state index in [1.54, 1.807) is 24.3 Å². The zero-order valence-corrected chi connectivity index (χ0v) is 10.6. The second kappa shape index (κ2) is 5.21. The predicted octanol–water partition coefficient (Wildman–Crippen LogP) is 1.81. The first-order valence-electron chi connectivity index (χ1n) is 5.35. The van der Waals surface area contributed by atoms with E-state index in [1.807, 2.05) is 0 Å². The Labute approximate surface area is 110 Å². The monoisotopic (exact) mass is 277 g/mol. The number of primary sulfonamides is 1. The number of allylic oxidation sites excluding steroid dienone is 1. The van der Waals surface area contributed by atoms with E-state index >= 15 is 0 Å². The number of benzene rings is 1. The molecule has 6 heteroatoms. The zero-order chi connectivity index (χ0) is 13.9. The average molecular weight is 277 g/mol. The second-order valence-electron chi connectivity index (χ2n) is 3.77. The summed E-state index contributed by atoms with van der Waals surface area (Å²) in [5, 5.41) is 5.01. The number of sulfonamides is 1. The van der Waals surface area contributed by atoms with E-state index in [2.05, 4.69) is 0 Å². The first-order chi connectivity index (χ1) is 9.00. The molecule has 98 valence electrons. The molecule has 0 spiro atoms. The standard InChI is InChI=1S/C13H11NO4S/c14-19(16,17)12-6-3-10(4-7-12)13-8-5-11(18-13)2-1-9-15/h1-9H,(H2,14,16,17). The Bertz CT molecular complexity index is 711. The molecule has 1 aromatic heterocycles. The van der Waals surface area contributed by atoms with Crippen LogP contribution >= 0.6 is 0 Å². The molecule has 1 heterocycles. The number of hydrogen-bond acceptors (Lipinski definition) is 4. The minimum atomic E-state index is -3.69. The molecule has 2 aromatic rings. The predicted molar refractivity (Wildman–Crippen MR) is 70.6 cm³/mol. The van der Waals surface area contributed by atoms with Crippen molar-refractivity contribution in [2.45, 2.75) is 4.90 Å². The van der Waals surface area contributed by atoms with Crippen LogP contribution in [0.5, 0.6) is 0 Å². The Morgan fingerprint density at radius 2 is 1.74 bits per heavy atom. The van der Waals surface area contributed by atoms with Crippen LogP contribution in [-0.4, -0.2) is 14.7 Å². The third kappa shape index (κ3) is 3.18. The molecule has 1 aromatic carbocycles. The van der Waals surface area contributed by atoms with E-state index in [9.17, 15) is 13.2 Å². The van der Waals surface area contributed by atoms with Crippen molar-refractivity contribution in [1.29, 1.82) is 0 Å². The summed E-state index contributed by atoms with van der Waals surface area (Å²) in [6.07, 6.45) is 3.52. The number of aldehydes is 1. The molecule has 0 aliphatic carbocycles. The van der Waals surface area contributed by atoms with Gasteiger partial charge in [0.25, 0.3) is 0 Å². The molecule has 0 radical (unpaired) electrons. The highest BCUT2D eigenvalue weighted by Gasteiger charge is 2.08. The lowest BCUT2D eigenvalue weighted by atomic mass is 10.2. The lowest BCUT2D eigenvalue weighted by Gasteiger charge is -2.00. The highest BCUT2D eigenvalue weighted by molar-refractivity contribution is 7.89. The minimum Gasteiger partial charge on any atom is -0.457 e. The van der Waals surface area contributed by atoms with Gasteiger partial charge < -0.3 is 4.42 Å². The number of carbonyl (C=O) groups excluding carboxylic acids is 1. The fourth-order valence-electron chi connectivity index (χ4n) is 1.54. The Morgan fingerprint density at radius 1 is 1.05 bits per heavy atom. The van der Waals surface area contributed by atoms with Gasteiger partial charge in [0.2, 0.25) is 10.0 Å². The molecule has 0 unspecified atom stereocenters. The van der Waals surface area contributed by atoms with Crippen LogP contribution in [0, 0.1) is 0 Å². The van der Waals surface area contributed by atoms with Crippen LogP contribution in [0.2, 0.25) is 0 Å². The molecule has 19 heavy (non-hydrogen) atoms. The zero-order valence-electron chi connectivity index (χ0n) is 9.81. The lowest BCUT2D eigenvalue weighted by Crippen LogP contribution is -2.11. The van der Waals surface area contributed by atoms with E-state index in [0.29, 0.717) is 17.8 Å². The summed E-state index contributed by atoms with van der Waals surface area (Å²) in [6.45, 7) is 0. The van der Waals surface area contributed by atoms with Crippen LogP contribution in [-0.2, 0) is 14.8 Å². The van der Waals surface area contributed by atoms with Crippen LogP contribution in [0.3, 0.4) is 0 Å². The smallest absolute Gasteiger partial charge is 0.238 e. The van der Waals surface area contributed by atoms with Crippen molar-refractivity contribution in [2.75, 3.05) is 0 Å². The van der Waals surface area contributed by atoms with Gasteiger partial charge in [0, 0.05) is 5.56 Å². The van der Waals surface area contributed by atoms with E-state index in [0.717, 1.165) is 5.56 Å². The minimum absolute atomic E-state index is 0.0453. The molecule has 0 atom stereocenters. The molecule has 0 saturated carbocycles. The average Bonchev–Trinajstić information content (AvgIpc) is 2.84. The van der Waals surface area contributed by atoms with Crippen molar-refractivity contribution in [3.63, 3.8) is 0 Å². The van der Waals surface area contributed by atoms with Gasteiger partial charge in [0.05, 0.1) is 4.90 Å². The molecule has 0 bridgehead atoms. The lowest BCUT2D eigenvalue weighted by molar-refractivity contribution is -0.104. The third-order valence-corrected chi connectivity index (χ3v) is 3.36. The molecule has 0 saturated heterocycles. The number of hydrogen-bond donors (Lipinski definition) is 1. The molecular weight excluding hydrogens is 266 g/mol. The molecule has 0 amide bonds. The second-order valence-corrected chi connectivity index (χ2v) is 5.33. The van der Waals surface area contributed by atoms with E-state index in [4.69, 9.17) is 9.56 Å². The van der Waals surface area contributed by atoms with E-state index in [-0.39, 0.29) is 4.90 Å². The maximum absolute atomic E-state index is 11.1. The Kier molecular flexibility index (Phi) is 3.64. The van der Waals surface area contributed by atoms with E-state index < -0.39 is 10.0 Å². The van der Waals surface area contributed by atoms with Crippen LogP contribution in [0.25, 0.3) is 17.4 Å². The fourth-order valence-corrected chi connectivity index (χ4v) is 2.06. The van der Waals surface area contributed by atoms with Gasteiger partial charge in [-0.15, -0.1) is 0 Å². The van der Waals surface area contributed by atoms with Gasteiger partial charge in [-0.25, -0.2) is 13.6 Å². The van der Waals surface area contributed by atoms with Crippen LogP contribution in [0.15, 0.2) is 51.8 Å². The highest BCUT2D eigenvalue weighted by Crippen LogP contribution is 2.23. The molecule has 2 rings (SSSR count). The third-order valence-electron chi connectivity index (χ3n) is 2.43. The van der Waals surface area contributed by atoms with Gasteiger partial charge in [0.15, 0.2) is 0 Å². The van der Waals surface area contributed by atoms with Crippen molar-refractivity contribution in [2.24, 2.45) is 5.14 Å². The van der Waals surface area contributed by atoms with Gasteiger partial charge in [-0.3, -0.25) is 4.79 Å². The molecule has 0 aliphatic rings. The maximum atomic E-state index is 11.1. The molecular formula is C13H11NO4S. The Hall–Kier alpha value is -2.18. The van der Waals surface area contributed by atoms with Gasteiger partial charge >= 0.3 is 0 Å². The maximum Gasteiger partial charge on any atom is 0.238 e. The Morgan fingerprint density at radius 3 is 2.32 bits per heavy atom. The number of rotatable bonds is 4. The SMILES string of the molecule is NS(=O)(=O)c1ccc(-c2ccc(C=CC=O)o2)cc1. The van der Waals surface area contributed by atoms with Gasteiger partial charge in [0.1, 0.15) is 17.8 Å². The summed E-state index contributed by atoms with van der Waals surface area (Å²) >= 11 is 0. The van der Waals surface area contributed by atoms with Crippen molar-refractivity contribution in [3.05, 3.63) is 48.2 Å². The van der Waals surface area contributed by atoms with Crippen molar-refractivity contribution < 1.29 is 17.6 Å². The number of furan rings is 1. The fraction of sp³-hybridized carbons (Fsp3) is 0. The van der Waals surface area contributed by atoms with Crippen molar-refractivity contribution >= 4 is 22.4 Å².